The number of hydrogen-bond donors (Lipinski definition) is 5. The first-order valence-electron chi connectivity index (χ1n) is 24.6. The highest BCUT2D eigenvalue weighted by atomic mass is 32.1. The maximum absolute atomic E-state index is 14.2. The maximum atomic E-state index is 14.2. The Balaban J connectivity index is 0.929. The zero-order valence-electron chi connectivity index (χ0n) is 41.5. The molecule has 5 N–H and O–H groups in total. The lowest BCUT2D eigenvalue weighted by Gasteiger charge is -2.14. The first-order valence-corrected chi connectivity index (χ1v) is 25.4. The lowest BCUT2D eigenvalue weighted by molar-refractivity contribution is 0.102. The minimum atomic E-state index is -0.569. The number of azo groups is 2. The molecule has 364 valence electrons. The first kappa shape index (κ1) is 45.8. The fraction of sp³-hybridized carbons (Fsp3) is 0.0968. The zero-order chi connectivity index (χ0) is 52.3. The van der Waals surface area contributed by atoms with E-state index in [4.69, 9.17) is 20.5 Å². The van der Waals surface area contributed by atoms with Crippen molar-refractivity contribution < 1.29 is 15.0 Å². The zero-order valence-corrected chi connectivity index (χ0v) is 42.4. The highest BCUT2D eigenvalue weighted by molar-refractivity contribution is 7.22. The molecule has 0 radical (unpaired) electrons. The van der Waals surface area contributed by atoms with Crippen molar-refractivity contribution in [2.24, 2.45) is 20.5 Å². The molecule has 0 aliphatic heterocycles. The van der Waals surface area contributed by atoms with Gasteiger partial charge in [-0.3, -0.25) is 10.1 Å². The van der Waals surface area contributed by atoms with Gasteiger partial charge in [-0.05, 0) is 143 Å². The van der Waals surface area contributed by atoms with E-state index in [1.807, 2.05) is 138 Å². The summed E-state index contributed by atoms with van der Waals surface area (Å²) in [5, 5.41) is 74.5. The molecule has 14 heteroatoms. The van der Waals surface area contributed by atoms with E-state index in [1.54, 1.807) is 12.1 Å². The first-order chi connectivity index (χ1) is 36.9. The average molecular weight is 1010 g/mol. The van der Waals surface area contributed by atoms with E-state index < -0.39 is 5.91 Å². The number of amides is 1. The number of nitriles is 2. The molecular weight excluding hydrogens is 965 g/mol. The number of carbonyl (C=O) groups is 1. The lowest BCUT2D eigenvalue weighted by atomic mass is 9.95. The standard InChI is InChI=1S/C62H42N10O3S/c1-29(2)40-23-33-15-17-38-36-10-6-8-12-46(36)65-55(38)53(33)57(59(40)73)71-69-49-25-43-41(21-31(49)4)42-22-32(5)50(26-44(42)52(43)35(27-63)28-64)70-72-58-54-34(16-18-39-37-11-7-9-13-47(37)66-56(39)54)24-45(60(58)74)61(75)68-62-67-48-19-14-30(3)20-51(48)76-62/h6-26,29,65-66,73-74H,1-5H3,(H,67,68,75). The SMILES string of the molecule is Cc1ccc2nc(NC(=O)c3cc4ccc5c6ccccc6[nH]c5c4c(N=Nc4cc5c(cc4C)-c4cc(C)c(N=Nc6c(O)c(C(C)C)cc7ccc8c9ccccc9[nH]c8c67)cc4C5=C(C#N)C#N)c3O)sc2c1. The van der Waals surface area contributed by atoms with Gasteiger partial charge in [-0.1, -0.05) is 91.9 Å². The third-order valence-corrected chi connectivity index (χ3v) is 15.5. The van der Waals surface area contributed by atoms with E-state index in [-0.39, 0.29) is 34.2 Å². The second kappa shape index (κ2) is 17.3. The molecule has 13 nitrogen and oxygen atoms in total. The molecule has 1 amide bonds. The number of rotatable bonds is 7. The Labute approximate surface area is 437 Å². The highest BCUT2D eigenvalue weighted by Crippen LogP contribution is 2.52. The summed E-state index contributed by atoms with van der Waals surface area (Å²) in [7, 11) is 0. The van der Waals surface area contributed by atoms with Crippen LogP contribution in [0, 0.1) is 43.4 Å². The van der Waals surface area contributed by atoms with Crippen molar-refractivity contribution in [3.05, 3.63) is 172 Å². The molecule has 76 heavy (non-hydrogen) atoms. The highest BCUT2D eigenvalue weighted by Gasteiger charge is 2.30. The number of carbonyl (C=O) groups excluding carboxylic acids is 1. The molecule has 0 atom stereocenters. The molecule has 0 fully saturated rings. The van der Waals surface area contributed by atoms with Gasteiger partial charge in [0.15, 0.2) is 10.9 Å². The van der Waals surface area contributed by atoms with Crippen LogP contribution in [-0.4, -0.2) is 31.1 Å². The molecule has 9 aromatic carbocycles. The molecule has 13 rings (SSSR count). The Kier molecular flexibility index (Phi) is 10.4. The third kappa shape index (κ3) is 7.11. The predicted molar refractivity (Wildman–Crippen MR) is 303 cm³/mol. The number of nitrogens with zero attached hydrogens (tertiary/aromatic N) is 7. The fourth-order valence-corrected chi connectivity index (χ4v) is 11.8. The largest absolute Gasteiger partial charge is 0.505 e. The molecule has 0 bridgehead atoms. The van der Waals surface area contributed by atoms with E-state index >= 15 is 0 Å². The van der Waals surface area contributed by atoms with E-state index in [0.29, 0.717) is 55.2 Å². The number of aromatic amines is 2. The van der Waals surface area contributed by atoms with Crippen LogP contribution in [-0.2, 0) is 0 Å². The monoisotopic (exact) mass is 1010 g/mol. The number of allylic oxidation sites excluding steroid dienone is 1. The second-order valence-corrected chi connectivity index (χ2v) is 20.7. The summed E-state index contributed by atoms with van der Waals surface area (Å²) in [4.78, 5) is 25.9. The van der Waals surface area contributed by atoms with E-state index in [0.717, 1.165) is 92.5 Å². The molecule has 0 spiro atoms. The van der Waals surface area contributed by atoms with Crippen molar-refractivity contribution in [1.82, 2.24) is 15.0 Å². The number of phenols is 2. The molecule has 1 aliphatic carbocycles. The molecule has 1 aliphatic rings. The summed E-state index contributed by atoms with van der Waals surface area (Å²) in [6.07, 6.45) is 0. The Morgan fingerprint density at radius 1 is 0.632 bits per heavy atom. The Bertz CT molecular complexity index is 4750. The molecule has 3 aromatic heterocycles. The number of benzene rings is 9. The molecule has 3 heterocycles. The van der Waals surface area contributed by atoms with Crippen LogP contribution >= 0.6 is 11.3 Å². The van der Waals surface area contributed by atoms with Crippen molar-refractivity contribution in [2.75, 3.05) is 5.32 Å². The van der Waals surface area contributed by atoms with Gasteiger partial charge in [-0.25, -0.2) is 4.98 Å². The van der Waals surface area contributed by atoms with Crippen LogP contribution in [0.4, 0.5) is 27.9 Å². The number of aromatic hydroxyl groups is 2. The number of thiazole rings is 1. The Morgan fingerprint density at radius 2 is 1.18 bits per heavy atom. The van der Waals surface area contributed by atoms with Gasteiger partial charge < -0.3 is 20.2 Å². The van der Waals surface area contributed by atoms with Crippen LogP contribution in [0.25, 0.3) is 92.1 Å². The average Bonchev–Trinajstić information content (AvgIpc) is 4.21. The van der Waals surface area contributed by atoms with Crippen LogP contribution < -0.4 is 5.32 Å². The number of phenolic OH excluding ortho intramolecular Hbond substituents is 2. The van der Waals surface area contributed by atoms with Crippen molar-refractivity contribution >= 4 is 126 Å². The topological polar surface area (TPSA) is 211 Å². The van der Waals surface area contributed by atoms with Gasteiger partial charge in [0, 0.05) is 48.9 Å². The van der Waals surface area contributed by atoms with E-state index in [2.05, 4.69) is 44.5 Å². The van der Waals surface area contributed by atoms with Gasteiger partial charge in [-0.2, -0.15) is 20.8 Å². The van der Waals surface area contributed by atoms with Gasteiger partial charge in [0.25, 0.3) is 5.91 Å². The van der Waals surface area contributed by atoms with Crippen molar-refractivity contribution in [2.45, 2.75) is 40.5 Å². The van der Waals surface area contributed by atoms with E-state index in [9.17, 15) is 25.5 Å². The minimum absolute atomic E-state index is 0.00868. The second-order valence-electron chi connectivity index (χ2n) is 19.6. The smallest absolute Gasteiger partial charge is 0.261 e. The number of H-pyrrole nitrogens is 2. The summed E-state index contributed by atoms with van der Waals surface area (Å²) >= 11 is 1.34. The summed E-state index contributed by atoms with van der Waals surface area (Å²) < 4.78 is 0.919. The van der Waals surface area contributed by atoms with Gasteiger partial charge >= 0.3 is 0 Å². The summed E-state index contributed by atoms with van der Waals surface area (Å²) in [6.45, 7) is 9.86. The number of para-hydroxylation sites is 2. The minimum Gasteiger partial charge on any atom is -0.505 e. The number of nitrogens with one attached hydrogen (secondary N) is 3. The number of fused-ring (bicyclic) bond motifs is 14. The summed E-state index contributed by atoms with van der Waals surface area (Å²) in [5.41, 5.74) is 11.8. The normalized spacial score (nSPS) is 12.4. The van der Waals surface area contributed by atoms with Gasteiger partial charge in [0.2, 0.25) is 0 Å². The molecule has 0 saturated heterocycles. The lowest BCUT2D eigenvalue weighted by Crippen LogP contribution is -2.12. The number of aromatic nitrogens is 3. The van der Waals surface area contributed by atoms with Gasteiger partial charge in [0.1, 0.15) is 34.8 Å². The molecular formula is C62H42N10O3S. The van der Waals surface area contributed by atoms with Crippen molar-refractivity contribution in [1.29, 1.82) is 10.5 Å². The summed E-state index contributed by atoms with van der Waals surface area (Å²) in [5.74, 6) is -0.912. The quantitative estimate of drug-likeness (QED) is 0.0774. The molecule has 0 unspecified atom stereocenters. The van der Waals surface area contributed by atoms with Crippen LogP contribution in [0.3, 0.4) is 0 Å². The Morgan fingerprint density at radius 3 is 1.75 bits per heavy atom. The number of anilines is 1. The fourth-order valence-electron chi connectivity index (χ4n) is 10.9. The van der Waals surface area contributed by atoms with Crippen molar-refractivity contribution in [3.8, 4) is 34.8 Å². The van der Waals surface area contributed by atoms with Crippen LogP contribution in [0.15, 0.2) is 153 Å². The number of hydrogen-bond acceptors (Lipinski definition) is 11. The maximum Gasteiger partial charge on any atom is 0.261 e. The van der Waals surface area contributed by atoms with Crippen LogP contribution in [0.1, 0.15) is 63.5 Å². The summed E-state index contributed by atoms with van der Waals surface area (Å²) in [6, 6.07) is 45.3. The van der Waals surface area contributed by atoms with Gasteiger partial charge in [-0.15, -0.1) is 10.2 Å². The predicted octanol–water partition coefficient (Wildman–Crippen LogP) is 17.2. The Hall–Kier alpha value is -10.0. The van der Waals surface area contributed by atoms with Crippen molar-refractivity contribution in [3.63, 3.8) is 0 Å². The van der Waals surface area contributed by atoms with Crippen LogP contribution in [0.2, 0.25) is 0 Å². The third-order valence-electron chi connectivity index (χ3n) is 14.6. The number of aryl methyl sites for hydroxylation is 3. The van der Waals surface area contributed by atoms with Gasteiger partial charge in [0.05, 0.1) is 38.2 Å². The van der Waals surface area contributed by atoms with Crippen LogP contribution in [0.5, 0.6) is 11.5 Å². The molecule has 0 saturated carbocycles. The molecule has 12 aromatic rings. The van der Waals surface area contributed by atoms with E-state index in [1.165, 1.54) is 11.3 Å².